The maximum atomic E-state index is 11.4. The first-order valence-electron chi connectivity index (χ1n) is 3.90. The topological polar surface area (TPSA) is 54.0 Å². The fourth-order valence-corrected chi connectivity index (χ4v) is 1.15. The lowest BCUT2D eigenvalue weighted by Gasteiger charge is -2.12. The first-order valence-corrected chi connectivity index (χ1v) is 5.62. The van der Waals surface area contributed by atoms with E-state index in [0.29, 0.717) is 13.2 Å². The van der Waals surface area contributed by atoms with Crippen molar-refractivity contribution in [3.63, 3.8) is 0 Å². The van der Waals surface area contributed by atoms with Gasteiger partial charge in [-0.2, -0.15) is 0 Å². The van der Waals surface area contributed by atoms with Crippen LogP contribution in [0.3, 0.4) is 0 Å². The van der Waals surface area contributed by atoms with E-state index in [1.807, 2.05) is 0 Å². The van der Waals surface area contributed by atoms with E-state index in [-0.39, 0.29) is 6.16 Å². The van der Waals surface area contributed by atoms with Crippen molar-refractivity contribution in [1.82, 2.24) is 0 Å². The molecule has 0 atom stereocenters. The van der Waals surface area contributed by atoms with E-state index < -0.39 is 7.60 Å². The van der Waals surface area contributed by atoms with Crippen LogP contribution in [0.2, 0.25) is 0 Å². The lowest BCUT2D eigenvalue weighted by atomic mass is 10.9. The zero-order chi connectivity index (χ0) is 9.45. The van der Waals surface area contributed by atoms with Gasteiger partial charge in [-0.05, 0) is 13.8 Å². The molecule has 12 heavy (non-hydrogen) atoms. The van der Waals surface area contributed by atoms with E-state index in [0.717, 1.165) is 0 Å². The summed E-state index contributed by atoms with van der Waals surface area (Å²) in [6.45, 7) is 5.75. The predicted molar refractivity (Wildman–Crippen MR) is 43.6 cm³/mol. The molecule has 6 heteroatoms. The van der Waals surface area contributed by atoms with Gasteiger partial charge < -0.3 is 0 Å². The molecular weight excluding hydrogens is 183 g/mol. The maximum Gasteiger partial charge on any atom is 0.384 e. The van der Waals surface area contributed by atoms with Crippen LogP contribution in [0.15, 0.2) is 0 Å². The molecule has 0 spiro atoms. The fraction of sp³-hybridized carbons (Fsp3) is 1.00. The lowest BCUT2D eigenvalue weighted by Crippen LogP contribution is -2.00. The summed E-state index contributed by atoms with van der Waals surface area (Å²) in [5, 5.41) is 0. The Morgan fingerprint density at radius 3 is 1.67 bits per heavy atom. The Kier molecular flexibility index (Phi) is 6.61. The summed E-state index contributed by atoms with van der Waals surface area (Å²) in [5.41, 5.74) is 0. The Balaban J connectivity index is 3.79. The van der Waals surface area contributed by atoms with Crippen molar-refractivity contribution >= 4 is 7.60 Å². The Morgan fingerprint density at radius 2 is 1.42 bits per heavy atom. The number of rotatable bonds is 7. The summed E-state index contributed by atoms with van der Waals surface area (Å²) in [6.07, 6.45) is 0.215. The fourth-order valence-electron chi connectivity index (χ4n) is 0.384. The van der Waals surface area contributed by atoms with Crippen LogP contribution in [0.4, 0.5) is 0 Å². The van der Waals surface area contributed by atoms with Crippen molar-refractivity contribution in [3.05, 3.63) is 0 Å². The molecule has 0 heterocycles. The van der Waals surface area contributed by atoms with Gasteiger partial charge in [0.1, 0.15) is 0 Å². The molecule has 0 N–H and O–H groups in total. The molecule has 0 aliphatic carbocycles. The third-order valence-electron chi connectivity index (χ3n) is 0.956. The molecule has 5 nitrogen and oxygen atoms in total. The molecule has 0 aliphatic heterocycles. The zero-order valence-electron chi connectivity index (χ0n) is 7.61. The van der Waals surface area contributed by atoms with Gasteiger partial charge in [0, 0.05) is 0 Å². The van der Waals surface area contributed by atoms with Gasteiger partial charge >= 0.3 is 7.60 Å². The molecule has 0 rings (SSSR count). The Bertz CT molecular complexity index is 137. The molecule has 74 valence electrons. The minimum atomic E-state index is -3.18. The molecule has 0 radical (unpaired) electrons. The lowest BCUT2D eigenvalue weighted by molar-refractivity contribution is -0.262. The molecule has 0 amide bonds. The van der Waals surface area contributed by atoms with Crippen LogP contribution in [0.25, 0.3) is 0 Å². The van der Waals surface area contributed by atoms with Gasteiger partial charge in [-0.15, -0.1) is 9.35 Å². The quantitative estimate of drug-likeness (QED) is 0.356. The predicted octanol–water partition coefficient (Wildman–Crippen LogP) is 2.14. The van der Waals surface area contributed by atoms with Crippen molar-refractivity contribution in [1.29, 1.82) is 0 Å². The average molecular weight is 198 g/mol. The Morgan fingerprint density at radius 1 is 1.00 bits per heavy atom. The van der Waals surface area contributed by atoms with Crippen molar-refractivity contribution in [2.24, 2.45) is 0 Å². The molecule has 0 aliphatic rings. The highest BCUT2D eigenvalue weighted by molar-refractivity contribution is 7.53. The van der Waals surface area contributed by atoms with E-state index in [1.165, 1.54) is 0 Å². The Hall–Kier alpha value is 0.0700. The van der Waals surface area contributed by atoms with Crippen molar-refractivity contribution < 1.29 is 23.7 Å². The van der Waals surface area contributed by atoms with E-state index in [1.54, 1.807) is 20.8 Å². The largest absolute Gasteiger partial charge is 0.384 e. The molecule has 0 saturated carbocycles. The van der Waals surface area contributed by atoms with Crippen LogP contribution in [0.5, 0.6) is 0 Å². The molecule has 0 aromatic rings. The Labute approximate surface area is 72.3 Å². The van der Waals surface area contributed by atoms with Crippen LogP contribution in [-0.4, -0.2) is 19.4 Å². The van der Waals surface area contributed by atoms with Gasteiger partial charge in [-0.1, -0.05) is 6.92 Å². The van der Waals surface area contributed by atoms with Crippen LogP contribution in [-0.2, 0) is 23.7 Å². The van der Waals surface area contributed by atoms with Crippen LogP contribution in [0, 0.1) is 0 Å². The highest BCUT2D eigenvalue weighted by Gasteiger charge is 2.24. The SMILES string of the molecule is CCOOP(=O)(CC)OOCC. The monoisotopic (exact) mass is 198 g/mol. The number of hydrogen-bond donors (Lipinski definition) is 0. The zero-order valence-corrected chi connectivity index (χ0v) is 8.50. The standard InChI is InChI=1S/C6H15O5P/c1-4-8-10-12(7,6-3)11-9-5-2/h4-6H2,1-3H3. The summed E-state index contributed by atoms with van der Waals surface area (Å²) >= 11 is 0. The third kappa shape index (κ3) is 4.85. The van der Waals surface area contributed by atoms with Crippen LogP contribution >= 0.6 is 7.60 Å². The number of hydrogen-bond acceptors (Lipinski definition) is 5. The highest BCUT2D eigenvalue weighted by atomic mass is 31.2. The summed E-state index contributed by atoms with van der Waals surface area (Å²) in [5.74, 6) is 0. The van der Waals surface area contributed by atoms with Crippen LogP contribution in [0.1, 0.15) is 20.8 Å². The average Bonchev–Trinajstić information content (AvgIpc) is 2.11. The van der Waals surface area contributed by atoms with Gasteiger partial charge in [-0.25, -0.2) is 9.78 Å². The summed E-state index contributed by atoms with van der Waals surface area (Å²) in [6, 6.07) is 0. The second-order valence-corrected chi connectivity index (χ2v) is 4.04. The van der Waals surface area contributed by atoms with Crippen molar-refractivity contribution in [2.75, 3.05) is 19.4 Å². The third-order valence-corrected chi connectivity index (χ3v) is 2.40. The molecule has 0 fully saturated rings. The van der Waals surface area contributed by atoms with Gasteiger partial charge in [0.15, 0.2) is 0 Å². The van der Waals surface area contributed by atoms with E-state index in [2.05, 4.69) is 19.1 Å². The minimum Gasteiger partial charge on any atom is -0.255 e. The van der Waals surface area contributed by atoms with Gasteiger partial charge in [0.2, 0.25) is 0 Å². The smallest absolute Gasteiger partial charge is 0.255 e. The van der Waals surface area contributed by atoms with E-state index >= 15 is 0 Å². The first kappa shape index (κ1) is 12.1. The normalized spacial score (nSPS) is 11.9. The van der Waals surface area contributed by atoms with Gasteiger partial charge in [0.05, 0.1) is 19.4 Å². The molecular formula is C6H15O5P. The highest BCUT2D eigenvalue weighted by Crippen LogP contribution is 2.47. The van der Waals surface area contributed by atoms with Gasteiger partial charge in [0.25, 0.3) is 0 Å². The maximum absolute atomic E-state index is 11.4. The molecule has 0 aromatic heterocycles. The van der Waals surface area contributed by atoms with E-state index in [4.69, 9.17) is 0 Å². The first-order chi connectivity index (χ1) is 5.68. The molecule has 0 bridgehead atoms. The van der Waals surface area contributed by atoms with Crippen LogP contribution < -0.4 is 0 Å². The molecule has 0 unspecified atom stereocenters. The summed E-state index contributed by atoms with van der Waals surface area (Å²) in [4.78, 5) is 9.04. The van der Waals surface area contributed by atoms with Crippen molar-refractivity contribution in [3.8, 4) is 0 Å². The molecule has 0 aromatic carbocycles. The molecule has 0 saturated heterocycles. The summed E-state index contributed by atoms with van der Waals surface area (Å²) < 4.78 is 20.5. The second-order valence-electron chi connectivity index (χ2n) is 1.89. The summed E-state index contributed by atoms with van der Waals surface area (Å²) in [7, 11) is -3.18. The minimum absolute atomic E-state index is 0.215. The second kappa shape index (κ2) is 6.57. The van der Waals surface area contributed by atoms with Gasteiger partial charge in [-0.3, -0.25) is 4.57 Å². The van der Waals surface area contributed by atoms with E-state index in [9.17, 15) is 4.57 Å². The van der Waals surface area contributed by atoms with Crippen molar-refractivity contribution in [2.45, 2.75) is 20.8 Å².